The minimum absolute atomic E-state index is 0.693. The first kappa shape index (κ1) is 30.3. The lowest BCUT2D eigenvalue weighted by molar-refractivity contribution is 1.08. The molecule has 0 radical (unpaired) electrons. The molecule has 4 heteroatoms. The maximum atomic E-state index is 5.06. The van der Waals surface area contributed by atoms with Crippen LogP contribution in [0, 0.1) is 0 Å². The van der Waals surface area contributed by atoms with Gasteiger partial charge in [0.15, 0.2) is 5.82 Å². The van der Waals surface area contributed by atoms with Crippen LogP contribution >= 0.6 is 0 Å². The first-order valence-corrected chi connectivity index (χ1v) is 18.3. The Morgan fingerprint density at radius 1 is 0.333 bits per heavy atom. The number of rotatable bonds is 5. The molecule has 0 amide bonds. The summed E-state index contributed by atoms with van der Waals surface area (Å²) in [5.74, 6) is 0.693. The number of hydrogen-bond donors (Lipinski definition) is 0. The highest BCUT2D eigenvalue weighted by molar-refractivity contribution is 6.33. The van der Waals surface area contributed by atoms with E-state index in [9.17, 15) is 0 Å². The van der Waals surface area contributed by atoms with Crippen LogP contribution in [-0.2, 0) is 0 Å². The molecule has 0 saturated carbocycles. The molecule has 11 rings (SSSR count). The SMILES string of the molecule is c1ccc(-c2ccc(-c3ncc(-n4c5ccccc5c5c6c(ccc7c6c6ccccc6n7-c6ccccc6)ccc54)cn3)c(-c3ccccc3)c2)cc1. The van der Waals surface area contributed by atoms with Crippen molar-refractivity contribution < 1.29 is 0 Å². The summed E-state index contributed by atoms with van der Waals surface area (Å²) in [6.07, 6.45) is 3.94. The summed E-state index contributed by atoms with van der Waals surface area (Å²) in [6.45, 7) is 0. The Morgan fingerprint density at radius 3 is 1.46 bits per heavy atom. The average molecular weight is 689 g/mol. The van der Waals surface area contributed by atoms with Crippen LogP contribution in [0.4, 0.5) is 0 Å². The summed E-state index contributed by atoms with van der Waals surface area (Å²) < 4.78 is 4.71. The number of fused-ring (bicyclic) bond motifs is 9. The Balaban J connectivity index is 1.13. The molecule has 4 nitrogen and oxygen atoms in total. The van der Waals surface area contributed by atoms with Gasteiger partial charge in [0.05, 0.1) is 40.1 Å². The quantitative estimate of drug-likeness (QED) is 0.180. The van der Waals surface area contributed by atoms with E-state index in [2.05, 4.69) is 191 Å². The fourth-order valence-electron chi connectivity index (χ4n) is 8.45. The fourth-order valence-corrected chi connectivity index (χ4v) is 8.45. The standard InChI is InChI=1S/C50H32N4/c1-4-14-33(15-5-1)36-24-27-39(42(30-36)34-16-6-2-7-17-34)50-51-31-38(32-52-50)54-44-23-13-11-21-41(44)49-46(54)29-26-35-25-28-45-48(47(35)49)40-20-10-12-22-43(40)53(45)37-18-8-3-9-19-37/h1-32H. The summed E-state index contributed by atoms with van der Waals surface area (Å²) in [6, 6.07) is 64.8. The van der Waals surface area contributed by atoms with Crippen LogP contribution in [0.2, 0.25) is 0 Å². The lowest BCUT2D eigenvalue weighted by atomic mass is 9.94. The molecule has 0 aliphatic rings. The highest BCUT2D eigenvalue weighted by Crippen LogP contribution is 2.44. The minimum Gasteiger partial charge on any atom is -0.309 e. The molecule has 3 heterocycles. The van der Waals surface area contributed by atoms with Crippen molar-refractivity contribution in [3.05, 3.63) is 194 Å². The number of nitrogens with zero attached hydrogens (tertiary/aromatic N) is 4. The second-order valence-corrected chi connectivity index (χ2v) is 13.8. The van der Waals surface area contributed by atoms with Crippen molar-refractivity contribution in [1.29, 1.82) is 0 Å². The van der Waals surface area contributed by atoms with E-state index >= 15 is 0 Å². The van der Waals surface area contributed by atoms with Crippen LogP contribution < -0.4 is 0 Å². The molecular weight excluding hydrogens is 657 g/mol. The molecule has 0 fully saturated rings. The third-order valence-electron chi connectivity index (χ3n) is 10.8. The van der Waals surface area contributed by atoms with E-state index in [0.717, 1.165) is 44.7 Å². The molecule has 0 saturated heterocycles. The molecule has 0 aliphatic carbocycles. The molecule has 0 unspecified atom stereocenters. The monoisotopic (exact) mass is 688 g/mol. The van der Waals surface area contributed by atoms with Gasteiger partial charge in [-0.25, -0.2) is 9.97 Å². The minimum atomic E-state index is 0.693. The van der Waals surface area contributed by atoms with E-state index in [0.29, 0.717) is 5.82 Å². The fraction of sp³-hybridized carbons (Fsp3) is 0. The van der Waals surface area contributed by atoms with Gasteiger partial charge >= 0.3 is 0 Å². The zero-order valence-corrected chi connectivity index (χ0v) is 29.3. The summed E-state index contributed by atoms with van der Waals surface area (Å²) in [5, 5.41) is 7.42. The molecule has 0 N–H and O–H groups in total. The molecule has 8 aromatic carbocycles. The Labute approximate surface area is 311 Å². The van der Waals surface area contributed by atoms with Crippen molar-refractivity contribution in [2.45, 2.75) is 0 Å². The van der Waals surface area contributed by atoms with E-state index < -0.39 is 0 Å². The Hall–Kier alpha value is -7.30. The van der Waals surface area contributed by atoms with Crippen LogP contribution in [0.15, 0.2) is 194 Å². The largest absolute Gasteiger partial charge is 0.309 e. The molecule has 0 bridgehead atoms. The summed E-state index contributed by atoms with van der Waals surface area (Å²) in [7, 11) is 0. The summed E-state index contributed by atoms with van der Waals surface area (Å²) in [4.78, 5) is 10.1. The van der Waals surface area contributed by atoms with E-state index in [1.165, 1.54) is 48.9 Å². The topological polar surface area (TPSA) is 35.6 Å². The van der Waals surface area contributed by atoms with Gasteiger partial charge in [-0.3, -0.25) is 0 Å². The van der Waals surface area contributed by atoms with Crippen molar-refractivity contribution >= 4 is 54.4 Å². The van der Waals surface area contributed by atoms with Crippen molar-refractivity contribution in [3.63, 3.8) is 0 Å². The van der Waals surface area contributed by atoms with Gasteiger partial charge in [-0.05, 0) is 76.2 Å². The first-order valence-electron chi connectivity index (χ1n) is 18.3. The molecule has 54 heavy (non-hydrogen) atoms. The predicted octanol–water partition coefficient (Wildman–Crippen LogP) is 12.8. The van der Waals surface area contributed by atoms with Gasteiger partial charge in [-0.1, -0.05) is 133 Å². The lowest BCUT2D eigenvalue weighted by Gasteiger charge is -2.13. The van der Waals surface area contributed by atoms with E-state index in [1.807, 2.05) is 12.4 Å². The predicted molar refractivity (Wildman–Crippen MR) is 225 cm³/mol. The van der Waals surface area contributed by atoms with Gasteiger partial charge in [0.2, 0.25) is 0 Å². The highest BCUT2D eigenvalue weighted by atomic mass is 15.0. The smallest absolute Gasteiger partial charge is 0.159 e. The highest BCUT2D eigenvalue weighted by Gasteiger charge is 2.21. The van der Waals surface area contributed by atoms with Gasteiger partial charge in [-0.2, -0.15) is 0 Å². The first-order chi connectivity index (χ1) is 26.8. The molecule has 0 spiro atoms. The molecule has 11 aromatic rings. The van der Waals surface area contributed by atoms with E-state index in [1.54, 1.807) is 0 Å². The van der Waals surface area contributed by atoms with Gasteiger partial charge in [0.1, 0.15) is 0 Å². The van der Waals surface area contributed by atoms with E-state index in [4.69, 9.17) is 9.97 Å². The van der Waals surface area contributed by atoms with Gasteiger partial charge in [0, 0.05) is 38.2 Å². The Bertz CT molecular complexity index is 3180. The maximum absolute atomic E-state index is 5.06. The molecule has 3 aromatic heterocycles. The van der Waals surface area contributed by atoms with Gasteiger partial charge in [0.25, 0.3) is 0 Å². The normalized spacial score (nSPS) is 11.7. The van der Waals surface area contributed by atoms with Crippen LogP contribution in [0.5, 0.6) is 0 Å². The zero-order valence-electron chi connectivity index (χ0n) is 29.3. The van der Waals surface area contributed by atoms with E-state index in [-0.39, 0.29) is 0 Å². The van der Waals surface area contributed by atoms with Gasteiger partial charge < -0.3 is 9.13 Å². The zero-order chi connectivity index (χ0) is 35.6. The Kier molecular flexibility index (Phi) is 6.82. The molecular formula is C50H32N4. The summed E-state index contributed by atoms with van der Waals surface area (Å²) >= 11 is 0. The molecule has 0 aliphatic heterocycles. The average Bonchev–Trinajstić information content (AvgIpc) is 3.78. The summed E-state index contributed by atoms with van der Waals surface area (Å²) in [5.41, 5.74) is 12.3. The number of aromatic nitrogens is 4. The Morgan fingerprint density at radius 2 is 0.852 bits per heavy atom. The second-order valence-electron chi connectivity index (χ2n) is 13.8. The van der Waals surface area contributed by atoms with Crippen molar-refractivity contribution in [2.24, 2.45) is 0 Å². The van der Waals surface area contributed by atoms with Crippen molar-refractivity contribution in [1.82, 2.24) is 19.1 Å². The number of benzene rings is 8. The third-order valence-corrected chi connectivity index (χ3v) is 10.8. The van der Waals surface area contributed by atoms with Crippen LogP contribution in [-0.4, -0.2) is 19.1 Å². The van der Waals surface area contributed by atoms with Crippen molar-refractivity contribution in [3.8, 4) is 45.0 Å². The number of hydrogen-bond acceptors (Lipinski definition) is 2. The third kappa shape index (κ3) is 4.64. The van der Waals surface area contributed by atoms with Crippen LogP contribution in [0.1, 0.15) is 0 Å². The number of para-hydroxylation sites is 3. The molecule has 0 atom stereocenters. The lowest BCUT2D eigenvalue weighted by Crippen LogP contribution is -1.99. The second kappa shape index (κ2) is 12.1. The van der Waals surface area contributed by atoms with Crippen LogP contribution in [0.25, 0.3) is 99.4 Å². The van der Waals surface area contributed by atoms with Gasteiger partial charge in [-0.15, -0.1) is 0 Å². The molecule has 252 valence electrons. The maximum Gasteiger partial charge on any atom is 0.159 e. The van der Waals surface area contributed by atoms with Crippen LogP contribution in [0.3, 0.4) is 0 Å². The van der Waals surface area contributed by atoms with Crippen molar-refractivity contribution in [2.75, 3.05) is 0 Å².